The van der Waals surface area contributed by atoms with Crippen LogP contribution < -0.4 is 10.1 Å². The summed E-state index contributed by atoms with van der Waals surface area (Å²) in [5.41, 5.74) is 4.04. The lowest BCUT2D eigenvalue weighted by molar-refractivity contribution is 0.414. The maximum atomic E-state index is 5.19. The molecule has 0 heterocycles. The van der Waals surface area contributed by atoms with Crippen LogP contribution in [0, 0.1) is 6.92 Å². The molecular weight excluding hydrogens is 258 g/mol. The van der Waals surface area contributed by atoms with E-state index >= 15 is 0 Å². The molecule has 0 aliphatic rings. The SMILES string of the molecule is COc1ccc(CC(C)NC(C)c2ccccc2C)cc1. The van der Waals surface area contributed by atoms with E-state index in [0.717, 1.165) is 12.2 Å². The van der Waals surface area contributed by atoms with E-state index in [1.165, 1.54) is 16.7 Å². The Kier molecular flexibility index (Phi) is 5.40. The molecule has 2 aromatic carbocycles. The average molecular weight is 283 g/mol. The van der Waals surface area contributed by atoms with Crippen LogP contribution in [0.4, 0.5) is 0 Å². The van der Waals surface area contributed by atoms with Gasteiger partial charge in [-0.1, -0.05) is 36.4 Å². The lowest BCUT2D eigenvalue weighted by Gasteiger charge is -2.22. The molecule has 112 valence electrons. The maximum absolute atomic E-state index is 5.19. The molecule has 2 rings (SSSR count). The summed E-state index contributed by atoms with van der Waals surface area (Å²) in [6.45, 7) is 6.63. The van der Waals surface area contributed by atoms with E-state index in [1.54, 1.807) is 7.11 Å². The molecule has 0 radical (unpaired) electrons. The van der Waals surface area contributed by atoms with Crippen molar-refractivity contribution in [1.29, 1.82) is 0 Å². The van der Waals surface area contributed by atoms with E-state index in [-0.39, 0.29) is 0 Å². The molecule has 0 saturated heterocycles. The smallest absolute Gasteiger partial charge is 0.118 e. The fraction of sp³-hybridized carbons (Fsp3) is 0.368. The number of methoxy groups -OCH3 is 1. The van der Waals surface area contributed by atoms with Gasteiger partial charge in [0.1, 0.15) is 5.75 Å². The van der Waals surface area contributed by atoms with Gasteiger partial charge in [-0.2, -0.15) is 0 Å². The van der Waals surface area contributed by atoms with Crippen molar-refractivity contribution in [3.63, 3.8) is 0 Å². The number of hydrogen-bond donors (Lipinski definition) is 1. The molecule has 1 N–H and O–H groups in total. The van der Waals surface area contributed by atoms with Crippen LogP contribution in [0.2, 0.25) is 0 Å². The molecule has 0 amide bonds. The Labute approximate surface area is 128 Å². The molecule has 0 bridgehead atoms. The quantitative estimate of drug-likeness (QED) is 0.854. The lowest BCUT2D eigenvalue weighted by Crippen LogP contribution is -2.31. The minimum absolute atomic E-state index is 0.361. The van der Waals surface area contributed by atoms with Crippen molar-refractivity contribution in [3.8, 4) is 5.75 Å². The van der Waals surface area contributed by atoms with Gasteiger partial charge >= 0.3 is 0 Å². The first-order valence-electron chi connectivity index (χ1n) is 7.54. The Morgan fingerprint density at radius 2 is 1.67 bits per heavy atom. The third-order valence-electron chi connectivity index (χ3n) is 3.89. The minimum Gasteiger partial charge on any atom is -0.497 e. The van der Waals surface area contributed by atoms with E-state index in [4.69, 9.17) is 4.74 Å². The zero-order chi connectivity index (χ0) is 15.2. The highest BCUT2D eigenvalue weighted by Gasteiger charge is 2.11. The molecule has 2 atom stereocenters. The summed E-state index contributed by atoms with van der Waals surface area (Å²) < 4.78 is 5.19. The predicted octanol–water partition coefficient (Wildman–Crippen LogP) is 4.29. The van der Waals surface area contributed by atoms with Crippen LogP contribution in [0.15, 0.2) is 48.5 Å². The fourth-order valence-corrected chi connectivity index (χ4v) is 2.76. The van der Waals surface area contributed by atoms with Crippen LogP contribution in [0.5, 0.6) is 5.75 Å². The molecule has 2 unspecified atom stereocenters. The number of aryl methyl sites for hydroxylation is 1. The van der Waals surface area contributed by atoms with Crippen LogP contribution in [0.1, 0.15) is 36.6 Å². The first kappa shape index (κ1) is 15.6. The van der Waals surface area contributed by atoms with Gasteiger partial charge in [-0.3, -0.25) is 0 Å². The van der Waals surface area contributed by atoms with Gasteiger partial charge in [0.2, 0.25) is 0 Å². The van der Waals surface area contributed by atoms with Gasteiger partial charge in [0.25, 0.3) is 0 Å². The molecule has 0 aromatic heterocycles. The summed E-state index contributed by atoms with van der Waals surface area (Å²) in [5.74, 6) is 0.910. The molecular formula is C19H25NO. The summed E-state index contributed by atoms with van der Waals surface area (Å²) in [5, 5.41) is 3.68. The van der Waals surface area contributed by atoms with Gasteiger partial charge in [-0.15, -0.1) is 0 Å². The van der Waals surface area contributed by atoms with Crippen molar-refractivity contribution in [1.82, 2.24) is 5.32 Å². The standard InChI is InChI=1S/C19H25NO/c1-14-7-5-6-8-19(14)16(3)20-15(2)13-17-9-11-18(21-4)12-10-17/h5-12,15-16,20H,13H2,1-4H3. The molecule has 21 heavy (non-hydrogen) atoms. The molecule has 0 fully saturated rings. The highest BCUT2D eigenvalue weighted by molar-refractivity contribution is 5.29. The second-order valence-corrected chi connectivity index (χ2v) is 5.70. The number of ether oxygens (including phenoxy) is 1. The van der Waals surface area contributed by atoms with Gasteiger partial charge in [0.05, 0.1) is 7.11 Å². The molecule has 0 saturated carbocycles. The van der Waals surface area contributed by atoms with Crippen molar-refractivity contribution in [2.75, 3.05) is 7.11 Å². The molecule has 0 aliphatic carbocycles. The maximum Gasteiger partial charge on any atom is 0.118 e. The highest BCUT2D eigenvalue weighted by atomic mass is 16.5. The number of hydrogen-bond acceptors (Lipinski definition) is 2. The van der Waals surface area contributed by atoms with Gasteiger partial charge in [0, 0.05) is 12.1 Å². The third kappa shape index (κ3) is 4.33. The topological polar surface area (TPSA) is 21.3 Å². The zero-order valence-corrected chi connectivity index (χ0v) is 13.4. The Morgan fingerprint density at radius 3 is 2.29 bits per heavy atom. The van der Waals surface area contributed by atoms with E-state index < -0.39 is 0 Å². The van der Waals surface area contributed by atoms with Gasteiger partial charge in [-0.25, -0.2) is 0 Å². The monoisotopic (exact) mass is 283 g/mol. The number of benzene rings is 2. The average Bonchev–Trinajstić information content (AvgIpc) is 2.48. The Bertz CT molecular complexity index is 562. The van der Waals surface area contributed by atoms with Gasteiger partial charge < -0.3 is 10.1 Å². The zero-order valence-electron chi connectivity index (χ0n) is 13.4. The number of nitrogens with one attached hydrogen (secondary N) is 1. The van der Waals surface area contributed by atoms with Crippen molar-refractivity contribution in [2.24, 2.45) is 0 Å². The van der Waals surface area contributed by atoms with Crippen LogP contribution in [-0.4, -0.2) is 13.2 Å². The Morgan fingerprint density at radius 1 is 1.00 bits per heavy atom. The second-order valence-electron chi connectivity index (χ2n) is 5.70. The van der Waals surface area contributed by atoms with Crippen LogP contribution in [0.3, 0.4) is 0 Å². The summed E-state index contributed by atoms with van der Waals surface area (Å²) in [7, 11) is 1.70. The van der Waals surface area contributed by atoms with Crippen molar-refractivity contribution >= 4 is 0 Å². The Balaban J connectivity index is 1.94. The third-order valence-corrected chi connectivity index (χ3v) is 3.89. The molecule has 2 aromatic rings. The summed E-state index contributed by atoms with van der Waals surface area (Å²) in [4.78, 5) is 0. The largest absolute Gasteiger partial charge is 0.497 e. The summed E-state index contributed by atoms with van der Waals surface area (Å²) in [6, 6.07) is 17.7. The lowest BCUT2D eigenvalue weighted by atomic mass is 10.0. The molecule has 0 aliphatic heterocycles. The number of rotatable bonds is 6. The van der Waals surface area contributed by atoms with Crippen LogP contribution in [0.25, 0.3) is 0 Å². The minimum atomic E-state index is 0.361. The van der Waals surface area contributed by atoms with Crippen LogP contribution >= 0.6 is 0 Å². The van der Waals surface area contributed by atoms with E-state index in [9.17, 15) is 0 Å². The van der Waals surface area contributed by atoms with Crippen molar-refractivity contribution in [3.05, 3.63) is 65.2 Å². The van der Waals surface area contributed by atoms with Gasteiger partial charge in [0.15, 0.2) is 0 Å². The molecule has 2 heteroatoms. The Hall–Kier alpha value is -1.80. The summed E-state index contributed by atoms with van der Waals surface area (Å²) >= 11 is 0. The first-order valence-corrected chi connectivity index (χ1v) is 7.54. The van der Waals surface area contributed by atoms with Crippen molar-refractivity contribution in [2.45, 2.75) is 39.3 Å². The second kappa shape index (κ2) is 7.28. The fourth-order valence-electron chi connectivity index (χ4n) is 2.76. The van der Waals surface area contributed by atoms with Crippen molar-refractivity contribution < 1.29 is 4.74 Å². The predicted molar refractivity (Wildman–Crippen MR) is 88.9 cm³/mol. The highest BCUT2D eigenvalue weighted by Crippen LogP contribution is 2.18. The van der Waals surface area contributed by atoms with Gasteiger partial charge in [-0.05, 0) is 56.0 Å². The molecule has 0 spiro atoms. The van der Waals surface area contributed by atoms with E-state index in [0.29, 0.717) is 12.1 Å². The summed E-state index contributed by atoms with van der Waals surface area (Å²) in [6.07, 6.45) is 1.01. The normalized spacial score (nSPS) is 13.7. The van der Waals surface area contributed by atoms with E-state index in [1.807, 2.05) is 12.1 Å². The first-order chi connectivity index (χ1) is 10.1. The molecule has 2 nitrogen and oxygen atoms in total. The van der Waals surface area contributed by atoms with Crippen LogP contribution in [-0.2, 0) is 6.42 Å². The van der Waals surface area contributed by atoms with E-state index in [2.05, 4.69) is 62.5 Å².